The van der Waals surface area contributed by atoms with Crippen LogP contribution < -0.4 is 11.0 Å². The van der Waals surface area contributed by atoms with Gasteiger partial charge in [0.25, 0.3) is 5.91 Å². The smallest absolute Gasteiger partial charge is 0.321 e. The molecule has 0 aliphatic rings. The molecule has 2 aromatic carbocycles. The fourth-order valence-corrected chi connectivity index (χ4v) is 2.65. The highest BCUT2D eigenvalue weighted by atomic mass is 79.9. The van der Waals surface area contributed by atoms with Gasteiger partial charge in [0, 0.05) is 14.5 Å². The van der Waals surface area contributed by atoms with Gasteiger partial charge < -0.3 is 15.3 Å². The number of benzene rings is 2. The fourth-order valence-electron chi connectivity index (χ4n) is 1.95. The first-order valence-corrected chi connectivity index (χ1v) is 7.60. The summed E-state index contributed by atoms with van der Waals surface area (Å²) in [6, 6.07) is 10.5. The maximum Gasteiger partial charge on any atom is 0.323 e. The van der Waals surface area contributed by atoms with Crippen molar-refractivity contribution in [2.75, 3.05) is 5.32 Å². The van der Waals surface area contributed by atoms with Gasteiger partial charge >= 0.3 is 5.69 Å². The van der Waals surface area contributed by atoms with Gasteiger partial charge in [-0.1, -0.05) is 15.9 Å². The molecule has 7 heteroatoms. The molecule has 0 spiro atoms. The van der Waals surface area contributed by atoms with E-state index in [9.17, 15) is 9.59 Å². The molecule has 0 aliphatic carbocycles. The van der Waals surface area contributed by atoms with E-state index in [-0.39, 0.29) is 11.6 Å². The van der Waals surface area contributed by atoms with Crippen LogP contribution in [-0.4, -0.2) is 15.9 Å². The molecule has 0 aliphatic heterocycles. The van der Waals surface area contributed by atoms with E-state index in [4.69, 9.17) is 0 Å². The molecule has 0 saturated carbocycles. The predicted molar refractivity (Wildman–Crippen MR) is 88.7 cm³/mol. The van der Waals surface area contributed by atoms with E-state index in [0.717, 1.165) is 4.47 Å². The lowest BCUT2D eigenvalue weighted by Crippen LogP contribution is -2.12. The van der Waals surface area contributed by atoms with Crippen LogP contribution in [0.15, 0.2) is 50.1 Å². The number of nitrogens with one attached hydrogen (secondary N) is 3. The van der Waals surface area contributed by atoms with Crippen molar-refractivity contribution >= 4 is 54.5 Å². The van der Waals surface area contributed by atoms with Gasteiger partial charge in [0.2, 0.25) is 0 Å². The summed E-state index contributed by atoms with van der Waals surface area (Å²) >= 11 is 6.71. The summed E-state index contributed by atoms with van der Waals surface area (Å²) in [5.41, 5.74) is 2.16. The number of hydrogen-bond donors (Lipinski definition) is 3. The normalized spacial score (nSPS) is 10.8. The van der Waals surface area contributed by atoms with Crippen LogP contribution in [0, 0.1) is 0 Å². The topological polar surface area (TPSA) is 77.8 Å². The monoisotopic (exact) mass is 409 g/mol. The summed E-state index contributed by atoms with van der Waals surface area (Å²) in [7, 11) is 0. The van der Waals surface area contributed by atoms with Gasteiger partial charge in [-0.25, -0.2) is 4.79 Å². The molecular weight excluding hydrogens is 402 g/mol. The Bertz CT molecular complexity index is 881. The molecule has 3 N–H and O–H groups in total. The Kier molecular flexibility index (Phi) is 3.69. The standard InChI is InChI=1S/C14H9Br2N3O2/c15-8-3-1-7(2-4-8)13(20)17-10-6-12-11(5-9(10)16)18-14(21)19-12/h1-6H,(H,17,20)(H2,18,19,21). The summed E-state index contributed by atoms with van der Waals surface area (Å²) in [5.74, 6) is -0.222. The molecule has 5 nitrogen and oxygen atoms in total. The SMILES string of the molecule is O=C(Nc1cc2[nH]c(=O)[nH]c2cc1Br)c1ccc(Br)cc1. The molecule has 3 rings (SSSR count). The predicted octanol–water partition coefficient (Wildman–Crippen LogP) is 3.63. The third-order valence-corrected chi connectivity index (χ3v) is 4.14. The van der Waals surface area contributed by atoms with Gasteiger partial charge in [0.1, 0.15) is 0 Å². The minimum absolute atomic E-state index is 0.222. The highest BCUT2D eigenvalue weighted by molar-refractivity contribution is 9.10. The second-order valence-corrected chi connectivity index (χ2v) is 6.19. The molecule has 0 unspecified atom stereocenters. The van der Waals surface area contributed by atoms with Crippen LogP contribution in [0.5, 0.6) is 0 Å². The highest BCUT2D eigenvalue weighted by Gasteiger charge is 2.10. The average Bonchev–Trinajstić information content (AvgIpc) is 2.79. The lowest BCUT2D eigenvalue weighted by atomic mass is 10.2. The molecule has 1 aromatic heterocycles. The molecule has 1 heterocycles. The van der Waals surface area contributed by atoms with Crippen molar-refractivity contribution in [1.29, 1.82) is 0 Å². The number of rotatable bonds is 2. The zero-order chi connectivity index (χ0) is 15.0. The van der Waals surface area contributed by atoms with Gasteiger partial charge in [-0.2, -0.15) is 0 Å². The summed E-state index contributed by atoms with van der Waals surface area (Å²) in [6.07, 6.45) is 0. The van der Waals surface area contributed by atoms with E-state index in [1.54, 1.807) is 36.4 Å². The van der Waals surface area contributed by atoms with Crippen molar-refractivity contribution in [1.82, 2.24) is 9.97 Å². The van der Waals surface area contributed by atoms with Crippen LogP contribution in [0.4, 0.5) is 5.69 Å². The van der Waals surface area contributed by atoms with Crippen molar-refractivity contribution in [3.05, 3.63) is 61.4 Å². The Morgan fingerprint density at radius 2 is 1.62 bits per heavy atom. The van der Waals surface area contributed by atoms with E-state index in [1.165, 1.54) is 0 Å². The minimum atomic E-state index is -0.284. The first-order chi connectivity index (χ1) is 10.0. The van der Waals surface area contributed by atoms with E-state index < -0.39 is 0 Å². The van der Waals surface area contributed by atoms with Crippen molar-refractivity contribution in [3.8, 4) is 0 Å². The highest BCUT2D eigenvalue weighted by Crippen LogP contribution is 2.27. The number of aromatic amines is 2. The lowest BCUT2D eigenvalue weighted by Gasteiger charge is -2.08. The molecule has 106 valence electrons. The number of amides is 1. The number of halogens is 2. The molecule has 3 aromatic rings. The molecule has 0 radical (unpaired) electrons. The summed E-state index contributed by atoms with van der Waals surface area (Å²) in [5, 5.41) is 2.81. The number of aromatic nitrogens is 2. The van der Waals surface area contributed by atoms with Crippen molar-refractivity contribution in [2.24, 2.45) is 0 Å². The average molecular weight is 411 g/mol. The number of carbonyl (C=O) groups excluding carboxylic acids is 1. The van der Waals surface area contributed by atoms with Gasteiger partial charge in [-0.15, -0.1) is 0 Å². The first-order valence-electron chi connectivity index (χ1n) is 6.01. The number of H-pyrrole nitrogens is 2. The molecule has 21 heavy (non-hydrogen) atoms. The zero-order valence-electron chi connectivity index (χ0n) is 10.5. The van der Waals surface area contributed by atoms with E-state index in [1.807, 2.05) is 0 Å². The molecule has 0 fully saturated rings. The third kappa shape index (κ3) is 2.93. The fraction of sp³-hybridized carbons (Fsp3) is 0. The maximum absolute atomic E-state index is 12.2. The zero-order valence-corrected chi connectivity index (χ0v) is 13.7. The Hall–Kier alpha value is -1.86. The van der Waals surface area contributed by atoms with Crippen LogP contribution in [0.2, 0.25) is 0 Å². The number of hydrogen-bond acceptors (Lipinski definition) is 2. The van der Waals surface area contributed by atoms with Crippen molar-refractivity contribution < 1.29 is 4.79 Å². The Morgan fingerprint density at radius 3 is 2.29 bits per heavy atom. The van der Waals surface area contributed by atoms with Gasteiger partial charge in [0.05, 0.1) is 16.7 Å². The largest absolute Gasteiger partial charge is 0.323 e. The molecule has 1 amide bonds. The quantitative estimate of drug-likeness (QED) is 0.603. The van der Waals surface area contributed by atoms with Gasteiger partial charge in [-0.05, 0) is 52.3 Å². The third-order valence-electron chi connectivity index (χ3n) is 2.96. The van der Waals surface area contributed by atoms with Crippen molar-refractivity contribution in [2.45, 2.75) is 0 Å². The van der Waals surface area contributed by atoms with Crippen molar-refractivity contribution in [3.63, 3.8) is 0 Å². The van der Waals surface area contributed by atoms with E-state index in [0.29, 0.717) is 26.8 Å². The first kappa shape index (κ1) is 14.1. The summed E-state index contributed by atoms with van der Waals surface area (Å²) < 4.78 is 1.60. The Morgan fingerprint density at radius 1 is 1.00 bits per heavy atom. The molecular formula is C14H9Br2N3O2. The molecule has 0 atom stereocenters. The number of fused-ring (bicyclic) bond motifs is 1. The number of anilines is 1. The number of carbonyl (C=O) groups is 1. The van der Waals surface area contributed by atoms with Crippen LogP contribution in [-0.2, 0) is 0 Å². The van der Waals surface area contributed by atoms with Gasteiger partial charge in [0.15, 0.2) is 0 Å². The van der Waals surface area contributed by atoms with E-state index >= 15 is 0 Å². The Balaban J connectivity index is 1.93. The van der Waals surface area contributed by atoms with E-state index in [2.05, 4.69) is 47.1 Å². The minimum Gasteiger partial charge on any atom is -0.321 e. The van der Waals surface area contributed by atoms with Gasteiger partial charge in [-0.3, -0.25) is 4.79 Å². The van der Waals surface area contributed by atoms with Crippen LogP contribution in [0.25, 0.3) is 11.0 Å². The Labute approximate surface area is 136 Å². The number of imidazole rings is 1. The summed E-state index contributed by atoms with van der Waals surface area (Å²) in [4.78, 5) is 28.8. The second-order valence-electron chi connectivity index (χ2n) is 4.42. The van der Waals surface area contributed by atoms with Crippen LogP contribution in [0.1, 0.15) is 10.4 Å². The molecule has 0 saturated heterocycles. The van der Waals surface area contributed by atoms with Crippen LogP contribution in [0.3, 0.4) is 0 Å². The molecule has 0 bridgehead atoms. The lowest BCUT2D eigenvalue weighted by molar-refractivity contribution is 0.102. The van der Waals surface area contributed by atoms with Crippen LogP contribution >= 0.6 is 31.9 Å². The summed E-state index contributed by atoms with van der Waals surface area (Å²) in [6.45, 7) is 0. The second kappa shape index (κ2) is 5.50. The maximum atomic E-state index is 12.2.